The molecule has 8 atom stereocenters. The summed E-state index contributed by atoms with van der Waals surface area (Å²) in [6.45, 7) is 13.9. The van der Waals surface area contributed by atoms with Crippen LogP contribution in [0.4, 0.5) is 0 Å². The molecule has 0 aromatic heterocycles. The van der Waals surface area contributed by atoms with Crippen molar-refractivity contribution in [1.82, 2.24) is 10.6 Å². The molecular weight excluding hydrogens is 384 g/mol. The Morgan fingerprint density at radius 2 is 1.90 bits per heavy atom. The maximum atomic E-state index is 13.2. The van der Waals surface area contributed by atoms with Gasteiger partial charge >= 0.3 is 0 Å². The number of piperidine rings is 1. The maximum Gasteiger partial charge on any atom is 0.220 e. The van der Waals surface area contributed by atoms with Crippen molar-refractivity contribution in [2.75, 3.05) is 0 Å². The molecule has 2 amide bonds. The smallest absolute Gasteiger partial charge is 0.220 e. The van der Waals surface area contributed by atoms with Gasteiger partial charge in [0.1, 0.15) is 0 Å². The second-order valence-electron chi connectivity index (χ2n) is 13.5. The van der Waals surface area contributed by atoms with E-state index in [1.165, 1.54) is 32.1 Å². The van der Waals surface area contributed by atoms with Crippen molar-refractivity contribution in [3.63, 3.8) is 0 Å². The molecule has 3 saturated carbocycles. The Bertz CT molecular complexity index is 713. The molecule has 4 heteroatoms. The molecule has 0 bridgehead atoms. The van der Waals surface area contributed by atoms with E-state index in [1.54, 1.807) is 0 Å². The molecule has 4 nitrogen and oxygen atoms in total. The van der Waals surface area contributed by atoms with Crippen LogP contribution >= 0.6 is 0 Å². The van der Waals surface area contributed by atoms with Gasteiger partial charge in [0.25, 0.3) is 0 Å². The van der Waals surface area contributed by atoms with Gasteiger partial charge in [0.05, 0.1) is 0 Å². The summed E-state index contributed by atoms with van der Waals surface area (Å²) in [6, 6.07) is 0.414. The number of carbonyl (C=O) groups is 2. The highest BCUT2D eigenvalue weighted by Crippen LogP contribution is 2.64. The van der Waals surface area contributed by atoms with Gasteiger partial charge < -0.3 is 10.6 Å². The first-order valence-electron chi connectivity index (χ1n) is 13.0. The fourth-order valence-corrected chi connectivity index (χ4v) is 8.54. The first-order chi connectivity index (χ1) is 14.4. The van der Waals surface area contributed by atoms with E-state index in [1.807, 2.05) is 0 Å². The fourth-order valence-electron chi connectivity index (χ4n) is 8.54. The third-order valence-electron chi connectivity index (χ3n) is 9.78. The Balaban J connectivity index is 1.55. The summed E-state index contributed by atoms with van der Waals surface area (Å²) in [4.78, 5) is 25.4. The summed E-state index contributed by atoms with van der Waals surface area (Å²) in [6.07, 6.45) is 10.8. The molecule has 4 rings (SSSR count). The number of hydrogen-bond donors (Lipinski definition) is 2. The second kappa shape index (κ2) is 8.06. The zero-order valence-corrected chi connectivity index (χ0v) is 20.9. The molecule has 0 spiro atoms. The molecule has 3 aliphatic carbocycles. The zero-order valence-electron chi connectivity index (χ0n) is 20.9. The Kier molecular flexibility index (Phi) is 6.01. The largest absolute Gasteiger partial charge is 0.353 e. The van der Waals surface area contributed by atoms with E-state index in [0.29, 0.717) is 36.0 Å². The number of amides is 2. The summed E-state index contributed by atoms with van der Waals surface area (Å²) in [5.74, 6) is 2.71. The minimum atomic E-state index is 0.184. The Labute approximate surface area is 190 Å². The van der Waals surface area contributed by atoms with Crippen LogP contribution in [0.15, 0.2) is 0 Å². The molecule has 31 heavy (non-hydrogen) atoms. The van der Waals surface area contributed by atoms with Crippen LogP contribution < -0.4 is 10.6 Å². The van der Waals surface area contributed by atoms with E-state index in [9.17, 15) is 9.59 Å². The number of hydrogen-bond acceptors (Lipinski definition) is 2. The van der Waals surface area contributed by atoms with Crippen molar-refractivity contribution in [2.24, 2.45) is 39.9 Å². The average molecular weight is 431 g/mol. The normalized spacial score (nSPS) is 43.3. The van der Waals surface area contributed by atoms with Crippen LogP contribution in [0.2, 0.25) is 0 Å². The lowest BCUT2D eigenvalue weighted by molar-refractivity contribution is -0.141. The molecule has 2 N–H and O–H groups in total. The van der Waals surface area contributed by atoms with Gasteiger partial charge in [-0.3, -0.25) is 9.59 Å². The van der Waals surface area contributed by atoms with Gasteiger partial charge in [0.2, 0.25) is 11.8 Å². The lowest BCUT2D eigenvalue weighted by Crippen LogP contribution is -2.67. The molecule has 0 radical (unpaired) electrons. The molecule has 1 heterocycles. The summed E-state index contributed by atoms with van der Waals surface area (Å²) in [5.41, 5.74) is 0.882. The predicted molar refractivity (Wildman–Crippen MR) is 125 cm³/mol. The Hall–Kier alpha value is -1.06. The highest BCUT2D eigenvalue weighted by Gasteiger charge is 2.61. The van der Waals surface area contributed by atoms with Crippen molar-refractivity contribution in [3.05, 3.63) is 0 Å². The monoisotopic (exact) mass is 430 g/mol. The summed E-state index contributed by atoms with van der Waals surface area (Å²) in [7, 11) is 0. The Morgan fingerprint density at radius 3 is 2.61 bits per heavy atom. The first-order valence-corrected chi connectivity index (χ1v) is 13.0. The van der Waals surface area contributed by atoms with Crippen molar-refractivity contribution >= 4 is 11.8 Å². The minimum Gasteiger partial charge on any atom is -0.353 e. The third kappa shape index (κ3) is 4.42. The van der Waals surface area contributed by atoms with Crippen LogP contribution in [0.1, 0.15) is 106 Å². The third-order valence-corrected chi connectivity index (χ3v) is 9.78. The van der Waals surface area contributed by atoms with Crippen LogP contribution in [-0.2, 0) is 9.59 Å². The van der Waals surface area contributed by atoms with Crippen molar-refractivity contribution in [3.8, 4) is 0 Å². The van der Waals surface area contributed by atoms with Gasteiger partial charge in [-0.25, -0.2) is 0 Å². The maximum absolute atomic E-state index is 13.2. The lowest BCUT2D eigenvalue weighted by atomic mass is 9.46. The topological polar surface area (TPSA) is 58.2 Å². The van der Waals surface area contributed by atoms with Crippen LogP contribution in [0.5, 0.6) is 0 Å². The number of rotatable bonds is 4. The van der Waals surface area contributed by atoms with Gasteiger partial charge in [-0.2, -0.15) is 0 Å². The van der Waals surface area contributed by atoms with Gasteiger partial charge in [-0.1, -0.05) is 48.0 Å². The predicted octanol–water partition coefficient (Wildman–Crippen LogP) is 5.45. The second-order valence-corrected chi connectivity index (χ2v) is 13.5. The molecule has 3 unspecified atom stereocenters. The highest BCUT2D eigenvalue weighted by molar-refractivity contribution is 5.78. The number of fused-ring (bicyclic) bond motifs is 5. The number of nitrogens with one attached hydrogen (secondary N) is 2. The van der Waals surface area contributed by atoms with E-state index >= 15 is 0 Å². The highest BCUT2D eigenvalue weighted by atomic mass is 16.2. The molecule has 4 aliphatic rings. The quantitative estimate of drug-likeness (QED) is 0.622. The molecule has 0 aromatic rings. The SMILES string of the molecule is CC(CC(=O)NC1CC2NC(=O)CC[C@]2(C)[C@@H]2CC[C@]3(C)CCC[C@H]3[C@H]12)CC(C)(C)C. The zero-order chi connectivity index (χ0) is 22.6. The van der Waals surface area contributed by atoms with Gasteiger partial charge in [0, 0.05) is 24.9 Å². The first kappa shape index (κ1) is 23.1. The minimum absolute atomic E-state index is 0.184. The summed E-state index contributed by atoms with van der Waals surface area (Å²) >= 11 is 0. The van der Waals surface area contributed by atoms with E-state index in [4.69, 9.17) is 0 Å². The van der Waals surface area contributed by atoms with Crippen molar-refractivity contribution < 1.29 is 9.59 Å². The van der Waals surface area contributed by atoms with Crippen LogP contribution in [-0.4, -0.2) is 23.9 Å². The van der Waals surface area contributed by atoms with Crippen molar-refractivity contribution in [2.45, 2.75) is 118 Å². The average Bonchev–Trinajstić information content (AvgIpc) is 3.03. The molecule has 176 valence electrons. The Morgan fingerprint density at radius 1 is 1.16 bits per heavy atom. The van der Waals surface area contributed by atoms with Gasteiger partial charge in [-0.15, -0.1) is 0 Å². The van der Waals surface area contributed by atoms with Crippen molar-refractivity contribution in [1.29, 1.82) is 0 Å². The molecule has 1 aliphatic heterocycles. The lowest BCUT2D eigenvalue weighted by Gasteiger charge is -2.62. The van der Waals surface area contributed by atoms with E-state index < -0.39 is 0 Å². The van der Waals surface area contributed by atoms with Gasteiger partial charge in [0.15, 0.2) is 0 Å². The van der Waals surface area contributed by atoms with Gasteiger partial charge in [-0.05, 0) is 84.9 Å². The number of carbonyl (C=O) groups excluding carboxylic acids is 2. The summed E-state index contributed by atoms with van der Waals surface area (Å²) in [5, 5.41) is 6.89. The van der Waals surface area contributed by atoms with Crippen LogP contribution in [0, 0.1) is 39.9 Å². The molecule has 4 fully saturated rings. The van der Waals surface area contributed by atoms with E-state index in [0.717, 1.165) is 25.2 Å². The molecular formula is C27H46N2O2. The van der Waals surface area contributed by atoms with E-state index in [2.05, 4.69) is 52.2 Å². The molecule has 0 aromatic carbocycles. The van der Waals surface area contributed by atoms with Crippen LogP contribution in [0.25, 0.3) is 0 Å². The molecule has 1 saturated heterocycles. The summed E-state index contributed by atoms with van der Waals surface area (Å²) < 4.78 is 0. The fraction of sp³-hybridized carbons (Fsp3) is 0.926. The van der Waals surface area contributed by atoms with E-state index in [-0.39, 0.29) is 34.7 Å². The standard InChI is InChI=1S/C27H46N2O2/c1-17(16-25(2,3)4)14-23(31)28-20-15-21-27(6,13-10-22(30)29-21)19-9-12-26(5)11-7-8-18(26)24(19)20/h17-21,24H,7-16H2,1-6H3,(H,28,31)(H,29,30)/t17?,18-,19+,20?,21?,24-,26-,27+/m0/s1. The van der Waals surface area contributed by atoms with Crippen LogP contribution in [0.3, 0.4) is 0 Å².